The highest BCUT2D eigenvalue weighted by Crippen LogP contribution is 2.14. The molecule has 0 saturated carbocycles. The quantitative estimate of drug-likeness (QED) is 0.553. The van der Waals surface area contributed by atoms with Gasteiger partial charge in [0.05, 0.1) is 4.47 Å². The zero-order valence-electron chi connectivity index (χ0n) is 5.64. The van der Waals surface area contributed by atoms with E-state index in [9.17, 15) is 4.79 Å². The Labute approximate surface area is 76.9 Å². The van der Waals surface area contributed by atoms with Crippen molar-refractivity contribution in [1.29, 1.82) is 0 Å². The normalized spacial score (nSPS) is 9.73. The van der Waals surface area contributed by atoms with E-state index < -0.39 is 0 Å². The first-order valence-corrected chi connectivity index (χ1v) is 3.97. The smallest absolute Gasteiger partial charge is 0.223 e. The van der Waals surface area contributed by atoms with E-state index in [1.165, 1.54) is 13.1 Å². The van der Waals surface area contributed by atoms with E-state index in [4.69, 9.17) is 11.6 Å². The fourth-order valence-electron chi connectivity index (χ4n) is 0.592. The lowest BCUT2D eigenvalue weighted by atomic mass is 10.3. The van der Waals surface area contributed by atoms with Crippen LogP contribution in [0, 0.1) is 0 Å². The minimum absolute atomic E-state index is 0.0819. The van der Waals surface area contributed by atoms with Crippen molar-refractivity contribution in [2.24, 2.45) is 0 Å². The molecular formula is C6H4BrClN2O. The summed E-state index contributed by atoms with van der Waals surface area (Å²) >= 11 is 8.59. The summed E-state index contributed by atoms with van der Waals surface area (Å²) in [5, 5.41) is 0.0819. The number of aromatic nitrogens is 2. The van der Waals surface area contributed by atoms with Crippen molar-refractivity contribution in [2.75, 3.05) is 0 Å². The second kappa shape index (κ2) is 3.28. The highest BCUT2D eigenvalue weighted by Gasteiger charge is 2.07. The topological polar surface area (TPSA) is 42.9 Å². The molecule has 0 bridgehead atoms. The van der Waals surface area contributed by atoms with Gasteiger partial charge in [-0.05, 0) is 27.5 Å². The summed E-state index contributed by atoms with van der Waals surface area (Å²) in [5.74, 6) is -0.138. The molecule has 58 valence electrons. The molecular weight excluding hydrogens is 231 g/mol. The van der Waals surface area contributed by atoms with Crippen molar-refractivity contribution in [3.63, 3.8) is 0 Å². The Balaban J connectivity index is 3.23. The third-order valence-electron chi connectivity index (χ3n) is 1.05. The number of hydrogen-bond donors (Lipinski definition) is 0. The number of nitrogens with zero attached hydrogens (tertiary/aromatic N) is 2. The van der Waals surface area contributed by atoms with Gasteiger partial charge in [-0.25, -0.2) is 9.97 Å². The molecule has 1 rings (SSSR count). The van der Waals surface area contributed by atoms with E-state index in [2.05, 4.69) is 25.9 Å². The van der Waals surface area contributed by atoms with Gasteiger partial charge in [-0.1, -0.05) is 0 Å². The van der Waals surface area contributed by atoms with E-state index in [0.717, 1.165) is 0 Å². The molecule has 1 heterocycles. The lowest BCUT2D eigenvalue weighted by Crippen LogP contribution is -1.99. The zero-order chi connectivity index (χ0) is 8.43. The molecule has 0 radical (unpaired) electrons. The number of carbonyl (C=O) groups is 1. The Kier molecular flexibility index (Phi) is 2.57. The zero-order valence-corrected chi connectivity index (χ0v) is 7.98. The molecule has 1 aromatic rings. The maximum Gasteiger partial charge on any atom is 0.223 e. The monoisotopic (exact) mass is 234 g/mol. The van der Waals surface area contributed by atoms with Crippen molar-refractivity contribution in [3.05, 3.63) is 21.6 Å². The number of ketones is 1. The predicted molar refractivity (Wildman–Crippen MR) is 44.7 cm³/mol. The van der Waals surface area contributed by atoms with Gasteiger partial charge in [-0.2, -0.15) is 0 Å². The Bertz CT molecular complexity index is 303. The lowest BCUT2D eigenvalue weighted by Gasteiger charge is -1.96. The Morgan fingerprint density at radius 1 is 1.73 bits per heavy atom. The van der Waals surface area contributed by atoms with Crippen LogP contribution < -0.4 is 0 Å². The van der Waals surface area contributed by atoms with Crippen molar-refractivity contribution < 1.29 is 4.79 Å². The van der Waals surface area contributed by atoms with Crippen LogP contribution in [0.5, 0.6) is 0 Å². The third-order valence-corrected chi connectivity index (χ3v) is 1.81. The van der Waals surface area contributed by atoms with Crippen LogP contribution in [0.2, 0.25) is 5.28 Å². The highest BCUT2D eigenvalue weighted by atomic mass is 79.9. The van der Waals surface area contributed by atoms with Gasteiger partial charge in [0.2, 0.25) is 5.28 Å². The van der Waals surface area contributed by atoms with E-state index >= 15 is 0 Å². The molecule has 0 atom stereocenters. The minimum atomic E-state index is -0.138. The summed E-state index contributed by atoms with van der Waals surface area (Å²) in [5.41, 5.74) is 0.310. The molecule has 0 aliphatic heterocycles. The van der Waals surface area contributed by atoms with Gasteiger partial charge in [0.15, 0.2) is 5.78 Å². The van der Waals surface area contributed by atoms with Gasteiger partial charge in [0.1, 0.15) is 5.69 Å². The molecule has 11 heavy (non-hydrogen) atoms. The van der Waals surface area contributed by atoms with Gasteiger partial charge < -0.3 is 0 Å². The largest absolute Gasteiger partial charge is 0.293 e. The summed E-state index contributed by atoms with van der Waals surface area (Å²) in [6, 6.07) is 0. The molecule has 0 aliphatic rings. The summed E-state index contributed by atoms with van der Waals surface area (Å²) in [6.07, 6.45) is 1.45. The molecule has 3 nitrogen and oxygen atoms in total. The molecule has 0 fully saturated rings. The average molecular weight is 235 g/mol. The van der Waals surface area contributed by atoms with Crippen LogP contribution >= 0.6 is 27.5 Å². The lowest BCUT2D eigenvalue weighted by molar-refractivity contribution is 0.101. The molecule has 0 spiro atoms. The molecule has 5 heteroatoms. The first-order chi connectivity index (χ1) is 5.11. The van der Waals surface area contributed by atoms with Crippen molar-refractivity contribution in [2.45, 2.75) is 6.92 Å². The van der Waals surface area contributed by atoms with Crippen LogP contribution in [0.4, 0.5) is 0 Å². The molecule has 0 saturated heterocycles. The Morgan fingerprint density at radius 3 is 2.82 bits per heavy atom. The second-order valence-electron chi connectivity index (χ2n) is 1.89. The molecule has 0 aliphatic carbocycles. The van der Waals surface area contributed by atoms with Crippen molar-refractivity contribution in [1.82, 2.24) is 9.97 Å². The third kappa shape index (κ3) is 1.97. The summed E-state index contributed by atoms with van der Waals surface area (Å²) in [6.45, 7) is 1.42. The maximum atomic E-state index is 10.8. The van der Waals surface area contributed by atoms with Crippen LogP contribution in [-0.2, 0) is 0 Å². The number of halogens is 2. The average Bonchev–Trinajstić information content (AvgIpc) is 1.94. The Hall–Kier alpha value is -0.480. The van der Waals surface area contributed by atoms with Gasteiger partial charge in [0.25, 0.3) is 0 Å². The fourth-order valence-corrected chi connectivity index (χ4v) is 1.20. The molecule has 0 aromatic carbocycles. The van der Waals surface area contributed by atoms with Crippen LogP contribution in [0.15, 0.2) is 10.7 Å². The standard InChI is InChI=1S/C6H4BrClN2O/c1-3(11)5-4(7)2-9-6(8)10-5/h2H,1H3. The van der Waals surface area contributed by atoms with E-state index in [1.54, 1.807) is 0 Å². The maximum absolute atomic E-state index is 10.8. The van der Waals surface area contributed by atoms with Gasteiger partial charge in [-0.3, -0.25) is 4.79 Å². The predicted octanol–water partition coefficient (Wildman–Crippen LogP) is 2.10. The summed E-state index contributed by atoms with van der Waals surface area (Å²) in [7, 11) is 0. The van der Waals surface area contributed by atoms with Gasteiger partial charge >= 0.3 is 0 Å². The Morgan fingerprint density at radius 2 is 2.36 bits per heavy atom. The van der Waals surface area contributed by atoms with E-state index in [-0.39, 0.29) is 11.1 Å². The summed E-state index contributed by atoms with van der Waals surface area (Å²) in [4.78, 5) is 18.2. The van der Waals surface area contributed by atoms with Crippen LogP contribution in [0.1, 0.15) is 17.4 Å². The van der Waals surface area contributed by atoms with E-state index in [0.29, 0.717) is 10.2 Å². The molecule has 0 unspecified atom stereocenters. The van der Waals surface area contributed by atoms with Crippen LogP contribution in [-0.4, -0.2) is 15.8 Å². The first-order valence-electron chi connectivity index (χ1n) is 2.80. The molecule has 0 N–H and O–H groups in total. The van der Waals surface area contributed by atoms with E-state index in [1.807, 2.05) is 0 Å². The SMILES string of the molecule is CC(=O)c1nc(Cl)ncc1Br. The number of rotatable bonds is 1. The van der Waals surface area contributed by atoms with Crippen molar-refractivity contribution in [3.8, 4) is 0 Å². The highest BCUT2D eigenvalue weighted by molar-refractivity contribution is 9.10. The number of carbonyl (C=O) groups excluding carboxylic acids is 1. The number of hydrogen-bond acceptors (Lipinski definition) is 3. The van der Waals surface area contributed by atoms with Gasteiger partial charge in [-0.15, -0.1) is 0 Å². The first kappa shape index (κ1) is 8.62. The van der Waals surface area contributed by atoms with Crippen LogP contribution in [0.3, 0.4) is 0 Å². The fraction of sp³-hybridized carbons (Fsp3) is 0.167. The second-order valence-corrected chi connectivity index (χ2v) is 3.08. The van der Waals surface area contributed by atoms with Crippen LogP contribution in [0.25, 0.3) is 0 Å². The number of Topliss-reactive ketones (excluding diaryl/α,β-unsaturated/α-hetero) is 1. The molecule has 1 aromatic heterocycles. The molecule has 0 amide bonds. The van der Waals surface area contributed by atoms with Crippen molar-refractivity contribution >= 4 is 33.3 Å². The minimum Gasteiger partial charge on any atom is -0.293 e. The summed E-state index contributed by atoms with van der Waals surface area (Å²) < 4.78 is 0.564. The van der Waals surface area contributed by atoms with Gasteiger partial charge in [0, 0.05) is 13.1 Å².